The molecule has 0 unspecified atom stereocenters. The van der Waals surface area contributed by atoms with E-state index in [1.807, 2.05) is 70.7 Å². The number of fused-ring (bicyclic) bond motifs is 5. The summed E-state index contributed by atoms with van der Waals surface area (Å²) in [6.07, 6.45) is 0. The van der Waals surface area contributed by atoms with Crippen LogP contribution in [0.2, 0.25) is 10.0 Å². The Hall–Kier alpha value is -4.34. The third-order valence-electron chi connectivity index (χ3n) is 9.14. The molecule has 4 aliphatic heterocycles. The monoisotopic (exact) mass is 622 g/mol. The van der Waals surface area contributed by atoms with Crippen LogP contribution in [0.15, 0.2) is 109 Å². The van der Waals surface area contributed by atoms with Crippen LogP contribution in [0, 0.1) is 11.8 Å². The number of rotatable bonds is 4. The van der Waals surface area contributed by atoms with Crippen molar-refractivity contribution in [2.24, 2.45) is 11.8 Å². The van der Waals surface area contributed by atoms with Crippen molar-refractivity contribution in [1.29, 1.82) is 0 Å². The van der Waals surface area contributed by atoms with Crippen LogP contribution in [0.5, 0.6) is 0 Å². The van der Waals surface area contributed by atoms with Gasteiger partial charge in [0.05, 0.1) is 35.3 Å². The minimum absolute atomic E-state index is 0.377. The third kappa shape index (κ3) is 3.78. The minimum atomic E-state index is -0.942. The van der Waals surface area contributed by atoms with E-state index in [9.17, 15) is 19.2 Å². The first-order valence-corrected chi connectivity index (χ1v) is 15.1. The number of hydrogen-bond donors (Lipinski definition) is 0. The maximum Gasteiger partial charge on any atom is 0.253 e. The van der Waals surface area contributed by atoms with Crippen molar-refractivity contribution in [3.05, 3.63) is 130 Å². The summed E-state index contributed by atoms with van der Waals surface area (Å²) in [4.78, 5) is 59.9. The van der Waals surface area contributed by atoms with Crippen molar-refractivity contribution in [2.45, 2.75) is 24.2 Å². The van der Waals surface area contributed by atoms with Gasteiger partial charge in [0.2, 0.25) is 11.8 Å². The Morgan fingerprint density at radius 3 is 1.18 bits per heavy atom. The Balaban J connectivity index is 1.33. The number of carbonyl (C=O) groups is 4. The van der Waals surface area contributed by atoms with Gasteiger partial charge in [-0.3, -0.25) is 19.2 Å². The number of anilines is 2. The molecule has 0 spiro atoms. The van der Waals surface area contributed by atoms with Crippen molar-refractivity contribution in [1.82, 2.24) is 10.0 Å². The lowest BCUT2D eigenvalue weighted by Crippen LogP contribution is -2.50. The van der Waals surface area contributed by atoms with Crippen molar-refractivity contribution < 1.29 is 19.2 Å². The Morgan fingerprint density at radius 2 is 0.818 bits per heavy atom. The summed E-state index contributed by atoms with van der Waals surface area (Å²) in [6, 6.07) is 28.9. The van der Waals surface area contributed by atoms with E-state index in [0.717, 1.165) is 11.1 Å². The molecule has 0 aromatic heterocycles. The van der Waals surface area contributed by atoms with Crippen molar-refractivity contribution in [2.75, 3.05) is 9.80 Å². The van der Waals surface area contributed by atoms with Gasteiger partial charge in [-0.1, -0.05) is 96.0 Å². The standard InChI is InChI=1S/C34H24Cl2N4O4/c35-21-13-7-15-23(17-21)37-31(41)25-27(19-9-3-1-4-10-19)39-30-26(32(42)38(34(30)44)24-16-8-14-22(36)18-24)28(20-11-5-2-6-12-20)40(39)29(25)33(37)43/h1-18,25-30H/t25-,26-,27-,28+,29+,30+/m0/s1. The van der Waals surface area contributed by atoms with Crippen molar-refractivity contribution in [3.63, 3.8) is 0 Å². The Kier molecular flexibility index (Phi) is 6.25. The number of amides is 4. The Bertz CT molecular complexity index is 1720. The summed E-state index contributed by atoms with van der Waals surface area (Å²) < 4.78 is 0. The number of halogens is 2. The highest BCUT2D eigenvalue weighted by Gasteiger charge is 2.73. The molecule has 218 valence electrons. The van der Waals surface area contributed by atoms with Crippen LogP contribution in [-0.4, -0.2) is 45.7 Å². The number of imide groups is 2. The zero-order valence-corrected chi connectivity index (χ0v) is 24.5. The fourth-order valence-electron chi connectivity index (χ4n) is 7.54. The number of nitrogens with zero attached hydrogens (tertiary/aromatic N) is 4. The van der Waals surface area contributed by atoms with Crippen LogP contribution in [0.3, 0.4) is 0 Å². The molecule has 0 radical (unpaired) electrons. The molecule has 0 aliphatic carbocycles. The topological polar surface area (TPSA) is 81.2 Å². The van der Waals surface area contributed by atoms with E-state index in [2.05, 4.69) is 0 Å². The van der Waals surface area contributed by atoms with Crippen LogP contribution in [0.25, 0.3) is 0 Å². The Morgan fingerprint density at radius 1 is 0.432 bits per heavy atom. The average molecular weight is 623 g/mol. The molecular formula is C34H24Cl2N4O4. The zero-order chi connectivity index (χ0) is 30.3. The quantitative estimate of drug-likeness (QED) is 0.282. The van der Waals surface area contributed by atoms with Crippen molar-refractivity contribution in [3.8, 4) is 0 Å². The zero-order valence-electron chi connectivity index (χ0n) is 23.0. The van der Waals surface area contributed by atoms with E-state index in [4.69, 9.17) is 23.2 Å². The van der Waals surface area contributed by atoms with Gasteiger partial charge in [-0.25, -0.2) is 19.8 Å². The molecule has 4 heterocycles. The van der Waals surface area contributed by atoms with Gasteiger partial charge < -0.3 is 0 Å². The second-order valence-corrected chi connectivity index (χ2v) is 12.3. The maximum absolute atomic E-state index is 14.4. The molecule has 10 heteroatoms. The molecule has 0 bridgehead atoms. The third-order valence-corrected chi connectivity index (χ3v) is 9.61. The Labute approximate surface area is 262 Å². The average Bonchev–Trinajstić information content (AvgIpc) is 3.69. The molecule has 44 heavy (non-hydrogen) atoms. The van der Waals surface area contributed by atoms with Gasteiger partial charge >= 0.3 is 0 Å². The highest BCUT2D eigenvalue weighted by atomic mass is 35.5. The van der Waals surface area contributed by atoms with Crippen LogP contribution in [-0.2, 0) is 19.2 Å². The second kappa shape index (κ2) is 10.1. The van der Waals surface area contributed by atoms with E-state index < -0.39 is 47.8 Å². The molecule has 6 atom stereocenters. The summed E-state index contributed by atoms with van der Waals surface area (Å²) in [7, 11) is 0. The molecule has 0 saturated carbocycles. The molecule has 4 aliphatic rings. The van der Waals surface area contributed by atoms with Crippen molar-refractivity contribution >= 4 is 58.2 Å². The van der Waals surface area contributed by atoms with Gasteiger partial charge in [0.25, 0.3) is 11.8 Å². The molecule has 0 N–H and O–H groups in total. The van der Waals surface area contributed by atoms with Gasteiger partial charge in [0.1, 0.15) is 12.1 Å². The van der Waals surface area contributed by atoms with Gasteiger partial charge in [0.15, 0.2) is 0 Å². The van der Waals surface area contributed by atoms with Crippen LogP contribution in [0.4, 0.5) is 11.4 Å². The number of carbonyl (C=O) groups excluding carboxylic acids is 4. The highest BCUT2D eigenvalue weighted by Crippen LogP contribution is 2.59. The van der Waals surface area contributed by atoms with E-state index in [1.165, 1.54) is 9.80 Å². The minimum Gasteiger partial charge on any atom is -0.274 e. The van der Waals surface area contributed by atoms with E-state index in [-0.39, 0.29) is 11.8 Å². The second-order valence-electron chi connectivity index (χ2n) is 11.4. The summed E-state index contributed by atoms with van der Waals surface area (Å²) in [6.45, 7) is 0. The first-order valence-electron chi connectivity index (χ1n) is 14.3. The summed E-state index contributed by atoms with van der Waals surface area (Å²) in [5.74, 6) is -3.26. The van der Waals surface area contributed by atoms with Gasteiger partial charge in [-0.05, 0) is 47.5 Å². The summed E-state index contributed by atoms with van der Waals surface area (Å²) in [5.41, 5.74) is 2.31. The molecule has 4 saturated heterocycles. The summed E-state index contributed by atoms with van der Waals surface area (Å²) in [5, 5.41) is 4.50. The number of hydrogen-bond acceptors (Lipinski definition) is 6. The molecule has 8 rings (SSSR count). The number of benzene rings is 4. The fourth-order valence-corrected chi connectivity index (χ4v) is 7.91. The normalized spacial score (nSPS) is 28.1. The first-order chi connectivity index (χ1) is 21.4. The summed E-state index contributed by atoms with van der Waals surface area (Å²) >= 11 is 12.5. The maximum atomic E-state index is 14.4. The largest absolute Gasteiger partial charge is 0.274 e. The molecule has 4 fully saturated rings. The van der Waals surface area contributed by atoms with Crippen LogP contribution < -0.4 is 9.80 Å². The number of hydrazine groups is 1. The predicted molar refractivity (Wildman–Crippen MR) is 164 cm³/mol. The van der Waals surface area contributed by atoms with E-state index in [0.29, 0.717) is 21.4 Å². The van der Waals surface area contributed by atoms with Crippen LogP contribution in [0.1, 0.15) is 23.2 Å². The van der Waals surface area contributed by atoms with Gasteiger partial charge in [-0.15, -0.1) is 0 Å². The molecule has 8 nitrogen and oxygen atoms in total. The van der Waals surface area contributed by atoms with Gasteiger partial charge in [0, 0.05) is 10.0 Å². The highest BCUT2D eigenvalue weighted by molar-refractivity contribution is 6.32. The lowest BCUT2D eigenvalue weighted by Gasteiger charge is -2.35. The smallest absolute Gasteiger partial charge is 0.253 e. The van der Waals surface area contributed by atoms with E-state index >= 15 is 0 Å². The predicted octanol–water partition coefficient (Wildman–Crippen LogP) is 5.44. The lowest BCUT2D eigenvalue weighted by atomic mass is 9.84. The molecule has 4 amide bonds. The lowest BCUT2D eigenvalue weighted by molar-refractivity contribution is -0.136. The molecule has 4 aromatic carbocycles. The van der Waals surface area contributed by atoms with Gasteiger partial charge in [-0.2, -0.15) is 0 Å². The fraction of sp³-hybridized carbons (Fsp3) is 0.176. The van der Waals surface area contributed by atoms with E-state index in [1.54, 1.807) is 48.5 Å². The molecular weight excluding hydrogens is 599 g/mol. The molecule has 4 aromatic rings. The first kappa shape index (κ1) is 27.2. The van der Waals surface area contributed by atoms with Crippen LogP contribution >= 0.6 is 23.2 Å². The SMILES string of the molecule is O=C1[C@@H]2[C@H](C(=O)N1c1cccc(Cl)c1)N1[C@H](c3ccccc3)[C@@H]3C(=O)N(c4cccc(Cl)c4)C(=O)[C@@H]3N1[C@H]2c1ccccc1.